The lowest BCUT2D eigenvalue weighted by atomic mass is 10.5. The molecular weight excluding hydrogens is 368 g/mol. The van der Waals surface area contributed by atoms with Crippen molar-refractivity contribution in [1.29, 1.82) is 0 Å². The fraction of sp³-hybridized carbons (Fsp3) is 0.312. The van der Waals surface area contributed by atoms with Crippen LogP contribution in [0.25, 0.3) is 16.9 Å². The summed E-state index contributed by atoms with van der Waals surface area (Å²) in [4.78, 5) is 48.7. The van der Waals surface area contributed by atoms with Gasteiger partial charge in [0.15, 0.2) is 11.2 Å². The molecule has 4 aromatic rings. The predicted molar refractivity (Wildman–Crippen MR) is 96.0 cm³/mol. The van der Waals surface area contributed by atoms with Crippen molar-refractivity contribution in [2.75, 3.05) is 6.61 Å². The molecule has 0 amide bonds. The van der Waals surface area contributed by atoms with Gasteiger partial charge in [-0.2, -0.15) is 4.98 Å². The van der Waals surface area contributed by atoms with Crippen LogP contribution in [0.15, 0.2) is 28.2 Å². The first-order chi connectivity index (χ1) is 13.4. The van der Waals surface area contributed by atoms with Crippen molar-refractivity contribution in [2.24, 2.45) is 14.1 Å². The SMILES string of the molecule is Cc1ccnc2nc(C(=O)OCCn3cnc4c3c(=O)n(C)c(=O)n4C)nn12. The topological polar surface area (TPSA) is 131 Å². The number of ether oxygens (including phenoxy) is 1. The number of rotatable bonds is 4. The summed E-state index contributed by atoms with van der Waals surface area (Å²) in [6.45, 7) is 1.97. The third-order valence-electron chi connectivity index (χ3n) is 4.40. The van der Waals surface area contributed by atoms with Gasteiger partial charge in [-0.25, -0.2) is 24.1 Å². The molecule has 4 rings (SSSR count). The van der Waals surface area contributed by atoms with Crippen molar-refractivity contribution >= 4 is 22.9 Å². The van der Waals surface area contributed by atoms with Crippen LogP contribution >= 0.6 is 0 Å². The highest BCUT2D eigenvalue weighted by Gasteiger charge is 2.17. The number of carbonyl (C=O) groups is 1. The number of aryl methyl sites for hydroxylation is 2. The van der Waals surface area contributed by atoms with Gasteiger partial charge in [0.1, 0.15) is 6.61 Å². The van der Waals surface area contributed by atoms with Gasteiger partial charge in [-0.15, -0.1) is 5.10 Å². The lowest BCUT2D eigenvalue weighted by Gasteiger charge is -2.07. The Labute approximate surface area is 156 Å². The summed E-state index contributed by atoms with van der Waals surface area (Å²) >= 11 is 0. The molecule has 0 bridgehead atoms. The van der Waals surface area contributed by atoms with E-state index < -0.39 is 17.2 Å². The minimum Gasteiger partial charge on any atom is -0.458 e. The number of carbonyl (C=O) groups excluding carboxylic acids is 1. The molecule has 0 aliphatic rings. The Morgan fingerprint density at radius 1 is 1.18 bits per heavy atom. The van der Waals surface area contributed by atoms with Crippen molar-refractivity contribution in [3.8, 4) is 0 Å². The maximum Gasteiger partial charge on any atom is 0.378 e. The smallest absolute Gasteiger partial charge is 0.378 e. The zero-order valence-corrected chi connectivity index (χ0v) is 15.4. The van der Waals surface area contributed by atoms with Gasteiger partial charge in [0, 0.05) is 26.0 Å². The van der Waals surface area contributed by atoms with Crippen molar-refractivity contribution in [3.05, 3.63) is 50.9 Å². The third-order valence-corrected chi connectivity index (χ3v) is 4.40. The minimum atomic E-state index is -0.699. The quantitative estimate of drug-likeness (QED) is 0.411. The zero-order valence-electron chi connectivity index (χ0n) is 15.4. The van der Waals surface area contributed by atoms with E-state index in [-0.39, 0.29) is 30.1 Å². The van der Waals surface area contributed by atoms with Gasteiger partial charge in [-0.05, 0) is 13.0 Å². The van der Waals surface area contributed by atoms with Crippen molar-refractivity contribution in [1.82, 2.24) is 38.3 Å². The van der Waals surface area contributed by atoms with E-state index in [1.807, 2.05) is 6.92 Å². The second-order valence-electron chi connectivity index (χ2n) is 6.19. The molecule has 0 fully saturated rings. The van der Waals surface area contributed by atoms with Gasteiger partial charge in [0.05, 0.1) is 12.9 Å². The van der Waals surface area contributed by atoms with E-state index in [0.717, 1.165) is 10.3 Å². The predicted octanol–water partition coefficient (Wildman–Crippen LogP) is -0.963. The van der Waals surface area contributed by atoms with Gasteiger partial charge in [-0.3, -0.25) is 13.9 Å². The van der Waals surface area contributed by atoms with E-state index in [2.05, 4.69) is 20.1 Å². The average molecular weight is 384 g/mol. The average Bonchev–Trinajstić information content (AvgIpc) is 3.30. The number of nitrogens with zero attached hydrogens (tertiary/aromatic N) is 8. The minimum absolute atomic E-state index is 0.0295. The monoisotopic (exact) mass is 384 g/mol. The van der Waals surface area contributed by atoms with E-state index in [9.17, 15) is 14.4 Å². The van der Waals surface area contributed by atoms with Crippen LogP contribution in [-0.2, 0) is 25.4 Å². The molecule has 4 aromatic heterocycles. The number of esters is 1. The molecule has 144 valence electrons. The lowest BCUT2D eigenvalue weighted by molar-refractivity contribution is 0.0478. The molecular formula is C16H16N8O4. The molecule has 0 unspecified atom stereocenters. The standard InChI is InChI=1S/C16H16N8O4/c1-9-4-5-17-15-19-11(20-24(9)15)14(26)28-7-6-23-8-18-12-10(23)13(25)22(3)16(27)21(12)2/h4-5,8H,6-7H2,1-3H3. The highest BCUT2D eigenvalue weighted by molar-refractivity contribution is 5.85. The fourth-order valence-corrected chi connectivity index (χ4v) is 2.86. The maximum absolute atomic E-state index is 12.4. The van der Waals surface area contributed by atoms with E-state index in [4.69, 9.17) is 4.74 Å². The molecule has 0 spiro atoms. The van der Waals surface area contributed by atoms with Crippen molar-refractivity contribution in [3.63, 3.8) is 0 Å². The van der Waals surface area contributed by atoms with Crippen LogP contribution in [0.4, 0.5) is 0 Å². The van der Waals surface area contributed by atoms with Gasteiger partial charge < -0.3 is 9.30 Å². The van der Waals surface area contributed by atoms with Gasteiger partial charge >= 0.3 is 11.7 Å². The largest absolute Gasteiger partial charge is 0.458 e. The number of hydrogen-bond donors (Lipinski definition) is 0. The summed E-state index contributed by atoms with van der Waals surface area (Å²) in [5.74, 6) is -0.498. The van der Waals surface area contributed by atoms with Crippen LogP contribution in [0.1, 0.15) is 16.3 Å². The van der Waals surface area contributed by atoms with Crippen LogP contribution in [-0.4, -0.2) is 50.8 Å². The number of imidazole rings is 1. The zero-order chi connectivity index (χ0) is 20.0. The van der Waals surface area contributed by atoms with Gasteiger partial charge in [0.2, 0.25) is 0 Å². The number of aromatic nitrogens is 8. The maximum atomic E-state index is 12.4. The molecule has 4 heterocycles. The van der Waals surface area contributed by atoms with E-state index in [1.165, 1.54) is 34.1 Å². The molecule has 0 aliphatic carbocycles. The summed E-state index contributed by atoms with van der Waals surface area (Å²) in [5.41, 5.74) is 0.374. The second kappa shape index (κ2) is 6.40. The Balaban J connectivity index is 1.54. The first kappa shape index (κ1) is 17.6. The summed E-state index contributed by atoms with van der Waals surface area (Å²) in [6, 6.07) is 1.74. The molecule has 0 aliphatic heterocycles. The summed E-state index contributed by atoms with van der Waals surface area (Å²) in [7, 11) is 2.93. The van der Waals surface area contributed by atoms with Crippen LogP contribution in [0, 0.1) is 6.92 Å². The number of fused-ring (bicyclic) bond motifs is 2. The van der Waals surface area contributed by atoms with Crippen LogP contribution in [0.5, 0.6) is 0 Å². The summed E-state index contributed by atoms with van der Waals surface area (Å²) in [6.07, 6.45) is 3.00. The highest BCUT2D eigenvalue weighted by atomic mass is 16.5. The molecule has 0 aromatic carbocycles. The Hall–Kier alpha value is -3.83. The van der Waals surface area contributed by atoms with Crippen molar-refractivity contribution < 1.29 is 9.53 Å². The summed E-state index contributed by atoms with van der Waals surface area (Å²) in [5, 5.41) is 4.08. The molecule has 12 heteroatoms. The fourth-order valence-electron chi connectivity index (χ4n) is 2.86. The summed E-state index contributed by atoms with van der Waals surface area (Å²) < 4.78 is 10.5. The van der Waals surface area contributed by atoms with E-state index in [0.29, 0.717) is 5.78 Å². The molecule has 0 N–H and O–H groups in total. The first-order valence-electron chi connectivity index (χ1n) is 8.35. The van der Waals surface area contributed by atoms with Crippen LogP contribution in [0.2, 0.25) is 0 Å². The first-order valence-corrected chi connectivity index (χ1v) is 8.35. The van der Waals surface area contributed by atoms with E-state index in [1.54, 1.807) is 12.3 Å². The van der Waals surface area contributed by atoms with Crippen molar-refractivity contribution in [2.45, 2.75) is 13.5 Å². The normalized spacial score (nSPS) is 11.4. The van der Waals surface area contributed by atoms with Gasteiger partial charge in [-0.1, -0.05) is 0 Å². The lowest BCUT2D eigenvalue weighted by Crippen LogP contribution is -2.37. The Bertz CT molecular complexity index is 1340. The molecule has 0 saturated heterocycles. The Morgan fingerprint density at radius 3 is 2.71 bits per heavy atom. The third kappa shape index (κ3) is 2.66. The molecule has 0 saturated carbocycles. The second-order valence-corrected chi connectivity index (χ2v) is 6.19. The number of hydrogen-bond acceptors (Lipinski definition) is 8. The highest BCUT2D eigenvalue weighted by Crippen LogP contribution is 2.06. The Morgan fingerprint density at radius 2 is 1.96 bits per heavy atom. The van der Waals surface area contributed by atoms with E-state index >= 15 is 0 Å². The molecule has 0 atom stereocenters. The van der Waals surface area contributed by atoms with Gasteiger partial charge in [0.25, 0.3) is 17.2 Å². The molecule has 12 nitrogen and oxygen atoms in total. The Kier molecular flexibility index (Phi) is 4.02. The molecule has 0 radical (unpaired) electrons. The molecule has 28 heavy (non-hydrogen) atoms. The van der Waals surface area contributed by atoms with Crippen LogP contribution < -0.4 is 11.2 Å². The van der Waals surface area contributed by atoms with Crippen LogP contribution in [0.3, 0.4) is 0 Å².